The highest BCUT2D eigenvalue weighted by atomic mass is 32.1. The topological polar surface area (TPSA) is 70.5 Å². The van der Waals surface area contributed by atoms with Gasteiger partial charge in [-0.25, -0.2) is 4.98 Å². The average molecular weight is 288 g/mol. The molecule has 1 aromatic carbocycles. The summed E-state index contributed by atoms with van der Waals surface area (Å²) >= 11 is 1.37. The minimum atomic E-state index is -0.849. The molecule has 3 rings (SSSR count). The molecule has 102 valence electrons. The number of hydrogen-bond donors (Lipinski definition) is 1. The summed E-state index contributed by atoms with van der Waals surface area (Å²) in [7, 11) is 0. The van der Waals surface area contributed by atoms with Gasteiger partial charge in [-0.3, -0.25) is 9.59 Å². The van der Waals surface area contributed by atoms with E-state index in [4.69, 9.17) is 0 Å². The number of para-hydroxylation sites is 1. The fourth-order valence-electron chi connectivity index (χ4n) is 2.49. The van der Waals surface area contributed by atoms with Crippen molar-refractivity contribution in [3.8, 4) is 0 Å². The third kappa shape index (κ3) is 2.08. The maximum absolute atomic E-state index is 12.4. The predicted molar refractivity (Wildman–Crippen MR) is 75.2 cm³/mol. The number of carbonyl (C=O) groups excluding carboxylic acids is 1. The Hall–Kier alpha value is -2.21. The second-order valence-electron chi connectivity index (χ2n) is 4.57. The summed E-state index contributed by atoms with van der Waals surface area (Å²) in [5.41, 5.74) is 3.38. The molecule has 0 aliphatic carbocycles. The minimum Gasteiger partial charge on any atom is -0.481 e. The summed E-state index contributed by atoms with van der Waals surface area (Å²) < 4.78 is 0. The van der Waals surface area contributed by atoms with Gasteiger partial charge in [0, 0.05) is 17.6 Å². The lowest BCUT2D eigenvalue weighted by Crippen LogP contribution is -2.38. The third-order valence-electron chi connectivity index (χ3n) is 3.44. The maximum atomic E-state index is 12.4. The number of hydrogen-bond acceptors (Lipinski definition) is 4. The van der Waals surface area contributed by atoms with Crippen molar-refractivity contribution in [2.75, 3.05) is 11.4 Å². The van der Waals surface area contributed by atoms with Crippen LogP contribution >= 0.6 is 11.3 Å². The molecule has 1 aliphatic rings. The molecule has 0 saturated heterocycles. The summed E-state index contributed by atoms with van der Waals surface area (Å²) in [4.78, 5) is 29.4. The van der Waals surface area contributed by atoms with Crippen molar-refractivity contribution in [3.63, 3.8) is 0 Å². The zero-order valence-corrected chi connectivity index (χ0v) is 11.3. The summed E-state index contributed by atoms with van der Waals surface area (Å²) in [6.45, 7) is 0.393. The van der Waals surface area contributed by atoms with Crippen LogP contribution in [-0.4, -0.2) is 28.5 Å². The molecule has 0 bridgehead atoms. The number of aliphatic carboxylic acids is 1. The molecule has 2 heterocycles. The monoisotopic (exact) mass is 288 g/mol. The Morgan fingerprint density at radius 1 is 1.35 bits per heavy atom. The molecular weight excluding hydrogens is 276 g/mol. The molecule has 1 aliphatic heterocycles. The zero-order chi connectivity index (χ0) is 14.1. The predicted octanol–water partition coefficient (Wildman–Crippen LogP) is 2.36. The van der Waals surface area contributed by atoms with Crippen LogP contribution in [-0.2, 0) is 4.79 Å². The highest BCUT2D eigenvalue weighted by molar-refractivity contribution is 7.07. The van der Waals surface area contributed by atoms with E-state index >= 15 is 0 Å². The van der Waals surface area contributed by atoms with Gasteiger partial charge in [-0.1, -0.05) is 18.2 Å². The number of fused-ring (bicyclic) bond motifs is 1. The van der Waals surface area contributed by atoms with Crippen LogP contribution < -0.4 is 4.90 Å². The van der Waals surface area contributed by atoms with Crippen molar-refractivity contribution >= 4 is 28.9 Å². The van der Waals surface area contributed by atoms with E-state index in [2.05, 4.69) is 4.98 Å². The number of carboxylic acids is 1. The number of anilines is 1. The van der Waals surface area contributed by atoms with Crippen LogP contribution in [0.2, 0.25) is 0 Å². The normalized spacial score (nSPS) is 17.6. The van der Waals surface area contributed by atoms with Gasteiger partial charge in [-0.05, 0) is 18.1 Å². The lowest BCUT2D eigenvalue weighted by molar-refractivity contribution is -0.139. The maximum Gasteiger partial charge on any atom is 0.311 e. The van der Waals surface area contributed by atoms with E-state index in [-0.39, 0.29) is 5.91 Å². The van der Waals surface area contributed by atoms with Crippen LogP contribution in [0, 0.1) is 0 Å². The van der Waals surface area contributed by atoms with Gasteiger partial charge < -0.3 is 10.0 Å². The molecule has 1 N–H and O–H groups in total. The number of aromatic nitrogens is 1. The van der Waals surface area contributed by atoms with Crippen LogP contribution in [0.4, 0.5) is 5.69 Å². The molecule has 5 nitrogen and oxygen atoms in total. The first-order valence-corrected chi connectivity index (χ1v) is 7.14. The summed E-state index contributed by atoms with van der Waals surface area (Å²) in [5, 5.41) is 11.0. The van der Waals surface area contributed by atoms with Gasteiger partial charge in [0.25, 0.3) is 5.91 Å². The molecule has 2 aromatic rings. The second-order valence-corrected chi connectivity index (χ2v) is 5.29. The highest BCUT2D eigenvalue weighted by Gasteiger charge is 2.33. The average Bonchev–Trinajstić information content (AvgIpc) is 2.99. The molecule has 0 spiro atoms. The van der Waals surface area contributed by atoms with E-state index in [0.29, 0.717) is 29.9 Å². The van der Waals surface area contributed by atoms with Gasteiger partial charge in [0.15, 0.2) is 0 Å². The second kappa shape index (κ2) is 5.05. The van der Waals surface area contributed by atoms with Crippen LogP contribution in [0.3, 0.4) is 0 Å². The Labute approximate surface area is 119 Å². The fourth-order valence-corrected chi connectivity index (χ4v) is 3.01. The number of carbonyl (C=O) groups is 2. The van der Waals surface area contributed by atoms with Gasteiger partial charge in [0.2, 0.25) is 0 Å². The van der Waals surface area contributed by atoms with Crippen LogP contribution in [0.15, 0.2) is 35.2 Å². The first kappa shape index (κ1) is 12.8. The van der Waals surface area contributed by atoms with Crippen molar-refractivity contribution in [1.29, 1.82) is 0 Å². The van der Waals surface area contributed by atoms with E-state index in [1.54, 1.807) is 34.0 Å². The lowest BCUT2D eigenvalue weighted by atomic mass is 9.90. The number of carboxylic acid groups (broad SMARTS) is 1. The molecule has 1 atom stereocenters. The number of amides is 1. The van der Waals surface area contributed by atoms with E-state index in [0.717, 1.165) is 0 Å². The minimum absolute atomic E-state index is 0.178. The van der Waals surface area contributed by atoms with Crippen LogP contribution in [0.5, 0.6) is 0 Å². The van der Waals surface area contributed by atoms with Crippen molar-refractivity contribution in [1.82, 2.24) is 4.98 Å². The smallest absolute Gasteiger partial charge is 0.311 e. The van der Waals surface area contributed by atoms with Gasteiger partial charge in [-0.15, -0.1) is 11.3 Å². The third-order valence-corrected chi connectivity index (χ3v) is 4.03. The Balaban J connectivity index is 2.01. The molecule has 0 radical (unpaired) electrons. The molecule has 6 heteroatoms. The first-order chi connectivity index (χ1) is 9.68. The molecule has 20 heavy (non-hydrogen) atoms. The Bertz CT molecular complexity index is 654. The first-order valence-electron chi connectivity index (χ1n) is 6.20. The molecule has 1 amide bonds. The Morgan fingerprint density at radius 3 is 2.85 bits per heavy atom. The van der Waals surface area contributed by atoms with Gasteiger partial charge in [0.05, 0.1) is 11.4 Å². The van der Waals surface area contributed by atoms with Gasteiger partial charge in [-0.2, -0.15) is 0 Å². The molecular formula is C14H12N2O3S. The summed E-state index contributed by atoms with van der Waals surface area (Å²) in [6, 6.07) is 7.17. The van der Waals surface area contributed by atoms with E-state index in [1.807, 2.05) is 6.07 Å². The Morgan fingerprint density at radius 2 is 2.15 bits per heavy atom. The van der Waals surface area contributed by atoms with Crippen molar-refractivity contribution < 1.29 is 14.7 Å². The standard InChI is InChI=1S/C14H12N2O3S/c17-13(11-7-20-8-15-11)16-6-5-10(14(18)19)9-3-1-2-4-12(9)16/h1-4,7-8,10H,5-6H2,(H,18,19). The van der Waals surface area contributed by atoms with E-state index in [9.17, 15) is 14.7 Å². The van der Waals surface area contributed by atoms with Crippen LogP contribution in [0.25, 0.3) is 0 Å². The molecule has 0 saturated carbocycles. The molecule has 0 fully saturated rings. The van der Waals surface area contributed by atoms with Gasteiger partial charge >= 0.3 is 5.97 Å². The summed E-state index contributed by atoms with van der Waals surface area (Å²) in [5.74, 6) is -1.58. The summed E-state index contributed by atoms with van der Waals surface area (Å²) in [6.07, 6.45) is 0.419. The highest BCUT2D eigenvalue weighted by Crippen LogP contribution is 2.35. The fraction of sp³-hybridized carbons (Fsp3) is 0.214. The number of rotatable bonds is 2. The van der Waals surface area contributed by atoms with Crippen molar-refractivity contribution in [2.45, 2.75) is 12.3 Å². The quantitative estimate of drug-likeness (QED) is 0.921. The number of nitrogens with zero attached hydrogens (tertiary/aromatic N) is 2. The largest absolute Gasteiger partial charge is 0.481 e. The van der Waals surface area contributed by atoms with Gasteiger partial charge in [0.1, 0.15) is 5.69 Å². The zero-order valence-electron chi connectivity index (χ0n) is 10.5. The number of thiazole rings is 1. The SMILES string of the molecule is O=C(O)C1CCN(C(=O)c2cscn2)c2ccccc21. The molecule has 1 aromatic heterocycles. The number of benzene rings is 1. The molecule has 1 unspecified atom stereocenters. The lowest BCUT2D eigenvalue weighted by Gasteiger charge is -2.32. The van der Waals surface area contributed by atoms with E-state index in [1.165, 1.54) is 11.3 Å². The van der Waals surface area contributed by atoms with Crippen molar-refractivity contribution in [3.05, 3.63) is 46.4 Å². The van der Waals surface area contributed by atoms with Crippen molar-refractivity contribution in [2.24, 2.45) is 0 Å². The van der Waals surface area contributed by atoms with Crippen LogP contribution in [0.1, 0.15) is 28.4 Å². The Kier molecular flexibility index (Phi) is 3.23. The van der Waals surface area contributed by atoms with E-state index < -0.39 is 11.9 Å².